The fourth-order valence-corrected chi connectivity index (χ4v) is 2.12. The van der Waals surface area contributed by atoms with Crippen molar-refractivity contribution in [2.24, 2.45) is 0 Å². The predicted molar refractivity (Wildman–Crippen MR) is 72.4 cm³/mol. The van der Waals surface area contributed by atoms with E-state index >= 15 is 0 Å². The predicted octanol–water partition coefficient (Wildman–Crippen LogP) is 0.490. The zero-order valence-electron chi connectivity index (χ0n) is 11.3. The van der Waals surface area contributed by atoms with E-state index in [-0.39, 0.29) is 5.43 Å². The molecule has 2 rings (SSSR count). The molecule has 0 fully saturated rings. The molecule has 0 saturated carbocycles. The molecule has 4 nitrogen and oxygen atoms in total. The molecule has 0 aliphatic carbocycles. The quantitative estimate of drug-likeness (QED) is 0.829. The average molecular weight is 247 g/mol. The SMILES string of the molecule is COc1ccc2[nH]c(C)c(C[NH+](C)C)c(=O)c2c1. The molecular formula is C14H19N2O2+. The fraction of sp³-hybridized carbons (Fsp3) is 0.357. The molecule has 0 amide bonds. The Morgan fingerprint density at radius 1 is 1.33 bits per heavy atom. The first-order valence-electron chi connectivity index (χ1n) is 6.01. The summed E-state index contributed by atoms with van der Waals surface area (Å²) in [6, 6.07) is 5.53. The van der Waals surface area contributed by atoms with E-state index in [1.165, 1.54) is 4.90 Å². The number of ether oxygens (including phenoxy) is 1. The molecule has 0 spiro atoms. The van der Waals surface area contributed by atoms with E-state index in [4.69, 9.17) is 4.74 Å². The van der Waals surface area contributed by atoms with Gasteiger partial charge in [0.15, 0.2) is 5.43 Å². The standard InChI is InChI=1S/C14H18N2O2/c1-9-12(8-16(2)3)14(17)11-7-10(18-4)5-6-13(11)15-9/h5-7H,8H2,1-4H3,(H,15,17)/p+1. The van der Waals surface area contributed by atoms with Gasteiger partial charge in [0.2, 0.25) is 0 Å². The Kier molecular flexibility index (Phi) is 3.39. The van der Waals surface area contributed by atoms with Crippen LogP contribution < -0.4 is 15.1 Å². The van der Waals surface area contributed by atoms with Crippen LogP contribution in [0.4, 0.5) is 0 Å². The molecule has 0 aliphatic rings. The van der Waals surface area contributed by atoms with Crippen molar-refractivity contribution in [1.29, 1.82) is 0 Å². The highest BCUT2D eigenvalue weighted by molar-refractivity contribution is 5.80. The minimum atomic E-state index is 0.0985. The van der Waals surface area contributed by atoms with Crippen molar-refractivity contribution < 1.29 is 9.64 Å². The van der Waals surface area contributed by atoms with E-state index in [9.17, 15) is 4.79 Å². The van der Waals surface area contributed by atoms with Gasteiger partial charge in [-0.2, -0.15) is 0 Å². The Balaban J connectivity index is 2.70. The molecule has 0 radical (unpaired) electrons. The maximum absolute atomic E-state index is 12.5. The number of hydrogen-bond acceptors (Lipinski definition) is 2. The van der Waals surface area contributed by atoms with Gasteiger partial charge >= 0.3 is 0 Å². The molecule has 4 heteroatoms. The third-order valence-electron chi connectivity index (χ3n) is 3.05. The van der Waals surface area contributed by atoms with Crippen LogP contribution >= 0.6 is 0 Å². The summed E-state index contributed by atoms with van der Waals surface area (Å²) in [6.07, 6.45) is 0. The van der Waals surface area contributed by atoms with Crippen molar-refractivity contribution in [2.45, 2.75) is 13.5 Å². The first kappa shape index (κ1) is 12.6. The number of aromatic amines is 1. The number of methoxy groups -OCH3 is 1. The second kappa shape index (κ2) is 4.82. The van der Waals surface area contributed by atoms with Crippen molar-refractivity contribution in [3.8, 4) is 5.75 Å². The van der Waals surface area contributed by atoms with E-state index in [1.807, 2.05) is 33.2 Å². The smallest absolute Gasteiger partial charge is 0.198 e. The second-order valence-corrected chi connectivity index (χ2v) is 4.85. The fourth-order valence-electron chi connectivity index (χ4n) is 2.12. The summed E-state index contributed by atoms with van der Waals surface area (Å²) in [5.41, 5.74) is 2.74. The molecule has 0 aliphatic heterocycles. The molecule has 1 aromatic carbocycles. The zero-order valence-corrected chi connectivity index (χ0v) is 11.3. The molecular weight excluding hydrogens is 228 g/mol. The average Bonchev–Trinajstić information content (AvgIpc) is 2.34. The number of nitrogens with one attached hydrogen (secondary N) is 2. The van der Waals surface area contributed by atoms with Crippen LogP contribution in [0.5, 0.6) is 5.75 Å². The van der Waals surface area contributed by atoms with Crippen molar-refractivity contribution in [3.05, 3.63) is 39.7 Å². The maximum atomic E-state index is 12.5. The Hall–Kier alpha value is -1.81. The van der Waals surface area contributed by atoms with Crippen LogP contribution in [0.15, 0.2) is 23.0 Å². The third kappa shape index (κ3) is 2.24. The lowest BCUT2D eigenvalue weighted by molar-refractivity contribution is -0.872. The Bertz CT molecular complexity index is 629. The number of aromatic nitrogens is 1. The number of rotatable bonds is 3. The molecule has 2 aromatic rings. The van der Waals surface area contributed by atoms with Crippen molar-refractivity contribution in [3.63, 3.8) is 0 Å². The number of hydrogen-bond donors (Lipinski definition) is 2. The maximum Gasteiger partial charge on any atom is 0.198 e. The number of fused-ring (bicyclic) bond motifs is 1. The zero-order chi connectivity index (χ0) is 13.3. The number of aryl methyl sites for hydroxylation is 1. The van der Waals surface area contributed by atoms with Crippen LogP contribution in [0.25, 0.3) is 10.9 Å². The van der Waals surface area contributed by atoms with Crippen molar-refractivity contribution >= 4 is 10.9 Å². The van der Waals surface area contributed by atoms with Gasteiger partial charge in [0.25, 0.3) is 0 Å². The molecule has 96 valence electrons. The highest BCUT2D eigenvalue weighted by Crippen LogP contribution is 2.17. The van der Waals surface area contributed by atoms with E-state index in [1.54, 1.807) is 13.2 Å². The van der Waals surface area contributed by atoms with Crippen molar-refractivity contribution in [1.82, 2.24) is 4.98 Å². The molecule has 18 heavy (non-hydrogen) atoms. The van der Waals surface area contributed by atoms with Gasteiger partial charge in [0.1, 0.15) is 12.3 Å². The number of benzene rings is 1. The Labute approximate surface area is 106 Å². The molecule has 0 atom stereocenters. The molecule has 0 bridgehead atoms. The van der Waals surface area contributed by atoms with Crippen LogP contribution in [-0.2, 0) is 6.54 Å². The molecule has 0 saturated heterocycles. The molecule has 1 aromatic heterocycles. The van der Waals surface area contributed by atoms with E-state index in [0.717, 1.165) is 16.8 Å². The van der Waals surface area contributed by atoms with Gasteiger partial charge in [-0.1, -0.05) is 0 Å². The van der Waals surface area contributed by atoms with Gasteiger partial charge in [-0.25, -0.2) is 0 Å². The van der Waals surface area contributed by atoms with Gasteiger partial charge in [0, 0.05) is 16.6 Å². The number of H-pyrrole nitrogens is 1. The highest BCUT2D eigenvalue weighted by atomic mass is 16.5. The van der Waals surface area contributed by atoms with E-state index < -0.39 is 0 Å². The van der Waals surface area contributed by atoms with E-state index in [0.29, 0.717) is 17.7 Å². The van der Waals surface area contributed by atoms with Gasteiger partial charge in [-0.05, 0) is 25.1 Å². The summed E-state index contributed by atoms with van der Waals surface area (Å²) in [7, 11) is 5.68. The first-order chi connectivity index (χ1) is 8.52. The lowest BCUT2D eigenvalue weighted by Gasteiger charge is -2.11. The third-order valence-corrected chi connectivity index (χ3v) is 3.05. The van der Waals surface area contributed by atoms with Gasteiger partial charge in [-0.3, -0.25) is 4.79 Å². The summed E-state index contributed by atoms with van der Waals surface area (Å²) in [6.45, 7) is 2.66. The van der Waals surface area contributed by atoms with Gasteiger partial charge < -0.3 is 14.6 Å². The summed E-state index contributed by atoms with van der Waals surface area (Å²) >= 11 is 0. The summed E-state index contributed by atoms with van der Waals surface area (Å²) in [4.78, 5) is 17.0. The lowest BCUT2D eigenvalue weighted by atomic mass is 10.1. The van der Waals surface area contributed by atoms with Crippen LogP contribution in [0.1, 0.15) is 11.3 Å². The normalized spacial score (nSPS) is 11.2. The highest BCUT2D eigenvalue weighted by Gasteiger charge is 2.12. The summed E-state index contributed by atoms with van der Waals surface area (Å²) in [5.74, 6) is 0.708. The largest absolute Gasteiger partial charge is 0.497 e. The molecule has 0 unspecified atom stereocenters. The molecule has 2 N–H and O–H groups in total. The number of quaternary nitrogens is 1. The van der Waals surface area contributed by atoms with E-state index in [2.05, 4.69) is 4.98 Å². The topological polar surface area (TPSA) is 46.5 Å². The Morgan fingerprint density at radius 2 is 2.06 bits per heavy atom. The minimum Gasteiger partial charge on any atom is -0.497 e. The Morgan fingerprint density at radius 3 is 2.67 bits per heavy atom. The summed E-state index contributed by atoms with van der Waals surface area (Å²) < 4.78 is 5.17. The van der Waals surface area contributed by atoms with Crippen LogP contribution in [-0.4, -0.2) is 26.2 Å². The minimum absolute atomic E-state index is 0.0985. The van der Waals surface area contributed by atoms with Crippen LogP contribution in [0, 0.1) is 6.92 Å². The molecule has 1 heterocycles. The lowest BCUT2D eigenvalue weighted by Crippen LogP contribution is -3.04. The monoisotopic (exact) mass is 247 g/mol. The number of pyridine rings is 1. The van der Waals surface area contributed by atoms with Crippen LogP contribution in [0.2, 0.25) is 0 Å². The van der Waals surface area contributed by atoms with Gasteiger partial charge in [-0.15, -0.1) is 0 Å². The van der Waals surface area contributed by atoms with Crippen LogP contribution in [0.3, 0.4) is 0 Å². The van der Waals surface area contributed by atoms with Crippen molar-refractivity contribution in [2.75, 3.05) is 21.2 Å². The van der Waals surface area contributed by atoms with Gasteiger partial charge in [0.05, 0.1) is 26.8 Å². The summed E-state index contributed by atoms with van der Waals surface area (Å²) in [5, 5.41) is 0.691. The second-order valence-electron chi connectivity index (χ2n) is 4.85. The first-order valence-corrected chi connectivity index (χ1v) is 6.01.